The monoisotopic (exact) mass is 363 g/mol. The van der Waals surface area contributed by atoms with Crippen LogP contribution < -0.4 is 5.32 Å². The van der Waals surface area contributed by atoms with Gasteiger partial charge in [0, 0.05) is 16.1 Å². The molecule has 0 aliphatic heterocycles. The highest BCUT2D eigenvalue weighted by Gasteiger charge is 2.13. The fraction of sp³-hybridized carbons (Fsp3) is 0.0625. The second kappa shape index (κ2) is 6.66. The van der Waals surface area contributed by atoms with Crippen molar-refractivity contribution < 1.29 is 4.79 Å². The Hall–Kier alpha value is -1.95. The Bertz CT molecular complexity index is 862. The molecule has 0 saturated heterocycles. The van der Waals surface area contributed by atoms with E-state index in [4.69, 9.17) is 23.2 Å². The van der Waals surface area contributed by atoms with Crippen molar-refractivity contribution in [1.29, 1.82) is 0 Å². The lowest BCUT2D eigenvalue weighted by Gasteiger charge is -2.01. The third kappa shape index (κ3) is 3.69. The number of carbonyl (C=O) groups excluding carboxylic acids is 1. The number of amides is 1. The van der Waals surface area contributed by atoms with Gasteiger partial charge < -0.3 is 0 Å². The molecule has 0 aliphatic carbocycles. The lowest BCUT2D eigenvalue weighted by Crippen LogP contribution is -2.11. The number of hydrogen-bond donors (Lipinski definition) is 1. The van der Waals surface area contributed by atoms with E-state index in [0.717, 1.165) is 11.1 Å². The first-order chi connectivity index (χ1) is 11.0. The molecule has 1 N–H and O–H groups in total. The number of nitrogens with zero attached hydrogens (tertiary/aromatic N) is 2. The van der Waals surface area contributed by atoms with E-state index in [9.17, 15) is 4.79 Å². The molecule has 116 valence electrons. The number of halogens is 2. The van der Waals surface area contributed by atoms with Gasteiger partial charge in [-0.3, -0.25) is 10.1 Å². The maximum absolute atomic E-state index is 12.2. The fourth-order valence-corrected chi connectivity index (χ4v) is 3.25. The largest absolute Gasteiger partial charge is 0.296 e. The Kier molecular flexibility index (Phi) is 4.61. The second-order valence-electron chi connectivity index (χ2n) is 4.86. The van der Waals surface area contributed by atoms with Crippen LogP contribution in [0.1, 0.15) is 15.9 Å². The highest BCUT2D eigenvalue weighted by atomic mass is 35.5. The zero-order valence-corrected chi connectivity index (χ0v) is 14.3. The van der Waals surface area contributed by atoms with E-state index in [1.807, 2.05) is 19.1 Å². The van der Waals surface area contributed by atoms with Gasteiger partial charge in [-0.05, 0) is 37.3 Å². The van der Waals surface area contributed by atoms with Crippen LogP contribution in [0, 0.1) is 6.92 Å². The van der Waals surface area contributed by atoms with Crippen molar-refractivity contribution in [3.63, 3.8) is 0 Å². The summed E-state index contributed by atoms with van der Waals surface area (Å²) in [5.41, 5.74) is 2.39. The average molecular weight is 364 g/mol. The van der Waals surface area contributed by atoms with Crippen molar-refractivity contribution in [1.82, 2.24) is 10.2 Å². The van der Waals surface area contributed by atoms with E-state index < -0.39 is 0 Å². The minimum Gasteiger partial charge on any atom is -0.296 e. The van der Waals surface area contributed by atoms with Gasteiger partial charge in [0.05, 0.1) is 5.02 Å². The average Bonchev–Trinajstić information content (AvgIpc) is 2.96. The minimum absolute atomic E-state index is 0.227. The van der Waals surface area contributed by atoms with Gasteiger partial charge in [0.1, 0.15) is 0 Å². The molecule has 0 spiro atoms. The molecule has 1 aromatic heterocycles. The number of rotatable bonds is 3. The second-order valence-corrected chi connectivity index (χ2v) is 6.68. The van der Waals surface area contributed by atoms with Gasteiger partial charge >= 0.3 is 0 Å². The predicted octanol–water partition coefficient (Wildman–Crippen LogP) is 5.07. The van der Waals surface area contributed by atoms with Crippen molar-refractivity contribution in [2.75, 3.05) is 5.32 Å². The summed E-state index contributed by atoms with van der Waals surface area (Å²) in [7, 11) is 0. The summed E-state index contributed by atoms with van der Waals surface area (Å²) in [5.74, 6) is -0.227. The van der Waals surface area contributed by atoms with Gasteiger partial charge in [-0.2, -0.15) is 0 Å². The molecule has 3 rings (SSSR count). The lowest BCUT2D eigenvalue weighted by molar-refractivity contribution is 0.102. The molecular weight excluding hydrogens is 353 g/mol. The Labute approximate surface area is 147 Å². The third-order valence-corrected chi connectivity index (χ3v) is 4.54. The van der Waals surface area contributed by atoms with Crippen LogP contribution in [0.25, 0.3) is 10.6 Å². The first kappa shape index (κ1) is 15.9. The predicted molar refractivity (Wildman–Crippen MR) is 94.5 cm³/mol. The molecule has 0 aliphatic rings. The first-order valence-corrected chi connectivity index (χ1v) is 8.27. The Morgan fingerprint density at radius 1 is 1.09 bits per heavy atom. The van der Waals surface area contributed by atoms with Crippen molar-refractivity contribution in [3.8, 4) is 10.6 Å². The molecule has 0 unspecified atom stereocenters. The number of aromatic nitrogens is 2. The van der Waals surface area contributed by atoms with Crippen LogP contribution in [-0.2, 0) is 0 Å². The normalized spacial score (nSPS) is 10.6. The van der Waals surface area contributed by atoms with E-state index in [2.05, 4.69) is 15.5 Å². The molecule has 1 heterocycles. The molecule has 0 radical (unpaired) electrons. The number of hydrogen-bond acceptors (Lipinski definition) is 4. The van der Waals surface area contributed by atoms with E-state index >= 15 is 0 Å². The summed E-state index contributed by atoms with van der Waals surface area (Å²) in [4.78, 5) is 12.2. The van der Waals surface area contributed by atoms with Crippen LogP contribution in [0.3, 0.4) is 0 Å². The van der Waals surface area contributed by atoms with E-state index in [1.165, 1.54) is 11.3 Å². The Morgan fingerprint density at radius 3 is 2.52 bits per heavy atom. The van der Waals surface area contributed by atoms with Crippen molar-refractivity contribution in [2.24, 2.45) is 0 Å². The van der Waals surface area contributed by atoms with Crippen LogP contribution in [0.15, 0.2) is 42.5 Å². The van der Waals surface area contributed by atoms with Crippen LogP contribution >= 0.6 is 34.5 Å². The summed E-state index contributed by atoms with van der Waals surface area (Å²) in [5, 5.41) is 12.9. The topological polar surface area (TPSA) is 54.9 Å². The lowest BCUT2D eigenvalue weighted by atomic mass is 10.1. The summed E-state index contributed by atoms with van der Waals surface area (Å²) in [6, 6.07) is 12.4. The van der Waals surface area contributed by atoms with Gasteiger partial charge in [-0.1, -0.05) is 52.2 Å². The highest BCUT2D eigenvalue weighted by Crippen LogP contribution is 2.33. The van der Waals surface area contributed by atoms with Crippen LogP contribution in [-0.4, -0.2) is 16.1 Å². The highest BCUT2D eigenvalue weighted by molar-refractivity contribution is 7.18. The van der Waals surface area contributed by atoms with Crippen molar-refractivity contribution >= 4 is 45.6 Å². The third-order valence-electron chi connectivity index (χ3n) is 3.12. The molecule has 4 nitrogen and oxygen atoms in total. The molecule has 2 aromatic carbocycles. The summed E-state index contributed by atoms with van der Waals surface area (Å²) in [6.45, 7) is 1.97. The molecule has 0 saturated carbocycles. The molecule has 23 heavy (non-hydrogen) atoms. The fourth-order valence-electron chi connectivity index (χ4n) is 1.92. The smallest absolute Gasteiger partial charge is 0.257 e. The maximum Gasteiger partial charge on any atom is 0.257 e. The molecule has 1 amide bonds. The summed E-state index contributed by atoms with van der Waals surface area (Å²) in [6.07, 6.45) is 0. The quantitative estimate of drug-likeness (QED) is 0.706. The minimum atomic E-state index is -0.227. The maximum atomic E-state index is 12.2. The Morgan fingerprint density at radius 2 is 1.83 bits per heavy atom. The van der Waals surface area contributed by atoms with Crippen molar-refractivity contribution in [2.45, 2.75) is 6.92 Å². The SMILES string of the molecule is Cc1ccc(C(=O)Nc2nnc(-c3ccc(Cl)cc3Cl)s2)cc1. The van der Waals surface area contributed by atoms with Crippen molar-refractivity contribution in [3.05, 3.63) is 63.6 Å². The zero-order valence-electron chi connectivity index (χ0n) is 12.0. The van der Waals surface area contributed by atoms with E-state index in [1.54, 1.807) is 30.3 Å². The number of carbonyl (C=O) groups is 1. The first-order valence-electron chi connectivity index (χ1n) is 6.70. The molecule has 7 heteroatoms. The van der Waals surface area contributed by atoms with E-state index in [0.29, 0.717) is 25.7 Å². The van der Waals surface area contributed by atoms with Gasteiger partial charge in [0.2, 0.25) is 5.13 Å². The van der Waals surface area contributed by atoms with Gasteiger partial charge in [0.15, 0.2) is 5.01 Å². The molecule has 0 fully saturated rings. The van der Waals surface area contributed by atoms with Crippen LogP contribution in [0.5, 0.6) is 0 Å². The molecule has 0 atom stereocenters. The number of benzene rings is 2. The number of nitrogens with one attached hydrogen (secondary N) is 1. The summed E-state index contributed by atoms with van der Waals surface area (Å²) < 4.78 is 0. The van der Waals surface area contributed by atoms with E-state index in [-0.39, 0.29) is 5.91 Å². The van der Waals surface area contributed by atoms with Crippen LogP contribution in [0.4, 0.5) is 5.13 Å². The number of anilines is 1. The van der Waals surface area contributed by atoms with Gasteiger partial charge in [-0.15, -0.1) is 10.2 Å². The summed E-state index contributed by atoms with van der Waals surface area (Å²) >= 11 is 13.3. The standard InChI is InChI=1S/C16H11Cl2N3OS/c1-9-2-4-10(5-3-9)14(22)19-16-21-20-15(23-16)12-7-6-11(17)8-13(12)18/h2-8H,1H3,(H,19,21,22). The number of aryl methyl sites for hydroxylation is 1. The Balaban J connectivity index is 1.79. The zero-order chi connectivity index (χ0) is 16.4. The molecular formula is C16H11Cl2N3OS. The molecule has 0 bridgehead atoms. The van der Waals surface area contributed by atoms with Gasteiger partial charge in [0.25, 0.3) is 5.91 Å². The van der Waals surface area contributed by atoms with Crippen LogP contribution in [0.2, 0.25) is 10.0 Å². The molecule has 3 aromatic rings. The van der Waals surface area contributed by atoms with Gasteiger partial charge in [-0.25, -0.2) is 0 Å².